The molecular formula is C19H15ClN2OS. The van der Waals surface area contributed by atoms with Crippen LogP contribution in [-0.2, 0) is 0 Å². The van der Waals surface area contributed by atoms with E-state index in [0.29, 0.717) is 10.1 Å². The highest BCUT2D eigenvalue weighted by Gasteiger charge is 2.03. The normalized spacial score (nSPS) is 10.0. The molecule has 0 unspecified atom stereocenters. The van der Waals surface area contributed by atoms with Gasteiger partial charge in [0.05, 0.1) is 10.7 Å². The van der Waals surface area contributed by atoms with Crippen LogP contribution in [0, 0.1) is 0 Å². The van der Waals surface area contributed by atoms with E-state index in [1.54, 1.807) is 0 Å². The zero-order chi connectivity index (χ0) is 16.8. The molecule has 0 bridgehead atoms. The highest BCUT2D eigenvalue weighted by Crippen LogP contribution is 2.23. The number of halogens is 1. The summed E-state index contributed by atoms with van der Waals surface area (Å²) in [5, 5.41) is 7.28. The summed E-state index contributed by atoms with van der Waals surface area (Å²) in [5.41, 5.74) is 1.63. The van der Waals surface area contributed by atoms with Crippen molar-refractivity contribution < 1.29 is 4.74 Å². The fourth-order valence-electron chi connectivity index (χ4n) is 2.08. The third-order valence-corrected chi connectivity index (χ3v) is 3.75. The highest BCUT2D eigenvalue weighted by molar-refractivity contribution is 7.80. The van der Waals surface area contributed by atoms with E-state index < -0.39 is 0 Å². The van der Waals surface area contributed by atoms with Gasteiger partial charge in [-0.1, -0.05) is 41.9 Å². The zero-order valence-electron chi connectivity index (χ0n) is 12.7. The molecule has 5 heteroatoms. The number of anilines is 2. The smallest absolute Gasteiger partial charge is 0.175 e. The first-order chi connectivity index (χ1) is 11.7. The number of benzene rings is 3. The molecule has 0 aliphatic heterocycles. The van der Waals surface area contributed by atoms with Gasteiger partial charge in [-0.15, -0.1) is 0 Å². The summed E-state index contributed by atoms with van der Waals surface area (Å²) < 4.78 is 5.76. The van der Waals surface area contributed by atoms with Gasteiger partial charge in [0.25, 0.3) is 0 Å². The minimum Gasteiger partial charge on any atom is -0.457 e. The molecule has 0 amide bonds. The molecule has 3 nitrogen and oxygen atoms in total. The van der Waals surface area contributed by atoms with Crippen LogP contribution in [0.2, 0.25) is 5.02 Å². The van der Waals surface area contributed by atoms with Gasteiger partial charge in [0.1, 0.15) is 11.5 Å². The SMILES string of the molecule is S=C(Nc1ccc(Oc2ccccc2)cc1)Nc1ccccc1Cl. The van der Waals surface area contributed by atoms with Crippen LogP contribution >= 0.6 is 23.8 Å². The molecule has 0 fully saturated rings. The van der Waals surface area contributed by atoms with Gasteiger partial charge in [0.2, 0.25) is 0 Å². The van der Waals surface area contributed by atoms with E-state index >= 15 is 0 Å². The van der Waals surface area contributed by atoms with Gasteiger partial charge in [-0.25, -0.2) is 0 Å². The molecule has 0 atom stereocenters. The van der Waals surface area contributed by atoms with Crippen LogP contribution in [0.4, 0.5) is 11.4 Å². The lowest BCUT2D eigenvalue weighted by atomic mass is 10.3. The molecule has 0 aliphatic carbocycles. The quantitative estimate of drug-likeness (QED) is 0.568. The molecule has 3 aromatic rings. The van der Waals surface area contributed by atoms with Crippen molar-refractivity contribution >= 4 is 40.3 Å². The van der Waals surface area contributed by atoms with E-state index in [1.165, 1.54) is 0 Å². The molecule has 120 valence electrons. The molecule has 0 aromatic heterocycles. The Morgan fingerprint density at radius 2 is 1.38 bits per heavy atom. The third kappa shape index (κ3) is 4.47. The second-order valence-electron chi connectivity index (χ2n) is 5.00. The third-order valence-electron chi connectivity index (χ3n) is 3.21. The maximum Gasteiger partial charge on any atom is 0.175 e. The number of nitrogens with one attached hydrogen (secondary N) is 2. The fourth-order valence-corrected chi connectivity index (χ4v) is 2.49. The first-order valence-corrected chi connectivity index (χ1v) is 8.15. The zero-order valence-corrected chi connectivity index (χ0v) is 14.3. The molecule has 0 saturated heterocycles. The van der Waals surface area contributed by atoms with Crippen molar-refractivity contribution in [1.82, 2.24) is 0 Å². The van der Waals surface area contributed by atoms with Crippen LogP contribution in [0.25, 0.3) is 0 Å². The second-order valence-corrected chi connectivity index (χ2v) is 5.81. The van der Waals surface area contributed by atoms with Gasteiger partial charge >= 0.3 is 0 Å². The van der Waals surface area contributed by atoms with Crippen molar-refractivity contribution in [3.8, 4) is 11.5 Å². The summed E-state index contributed by atoms with van der Waals surface area (Å²) in [6.45, 7) is 0. The fraction of sp³-hybridized carbons (Fsp3) is 0. The van der Waals surface area contributed by atoms with Gasteiger partial charge in [-0.05, 0) is 60.7 Å². The molecule has 2 N–H and O–H groups in total. The summed E-state index contributed by atoms with van der Waals surface area (Å²) in [6, 6.07) is 24.7. The van der Waals surface area contributed by atoms with Crippen LogP contribution in [0.5, 0.6) is 11.5 Å². The monoisotopic (exact) mass is 354 g/mol. The molecule has 3 rings (SSSR count). The summed E-state index contributed by atoms with van der Waals surface area (Å²) in [6.07, 6.45) is 0. The number of hydrogen-bond donors (Lipinski definition) is 2. The number of hydrogen-bond acceptors (Lipinski definition) is 2. The average Bonchev–Trinajstić information content (AvgIpc) is 2.60. The minimum absolute atomic E-state index is 0.472. The summed E-state index contributed by atoms with van der Waals surface area (Å²) >= 11 is 11.4. The van der Waals surface area contributed by atoms with Crippen molar-refractivity contribution in [3.63, 3.8) is 0 Å². The van der Waals surface area contributed by atoms with Crippen molar-refractivity contribution in [3.05, 3.63) is 83.9 Å². The Hall–Kier alpha value is -2.56. The van der Waals surface area contributed by atoms with E-state index in [-0.39, 0.29) is 0 Å². The van der Waals surface area contributed by atoms with Crippen LogP contribution in [0.1, 0.15) is 0 Å². The van der Waals surface area contributed by atoms with Crippen molar-refractivity contribution in [1.29, 1.82) is 0 Å². The van der Waals surface area contributed by atoms with E-state index in [9.17, 15) is 0 Å². The van der Waals surface area contributed by atoms with E-state index in [2.05, 4.69) is 10.6 Å². The standard InChI is InChI=1S/C19H15ClN2OS/c20-17-8-4-5-9-18(17)22-19(24)21-14-10-12-16(13-11-14)23-15-6-2-1-3-7-15/h1-13H,(H2,21,22,24). The maximum absolute atomic E-state index is 6.10. The minimum atomic E-state index is 0.472. The molecule has 24 heavy (non-hydrogen) atoms. The Balaban J connectivity index is 1.60. The molecule has 0 saturated carbocycles. The molecule has 0 spiro atoms. The van der Waals surface area contributed by atoms with E-state index in [0.717, 1.165) is 22.9 Å². The molecule has 0 heterocycles. The summed E-state index contributed by atoms with van der Waals surface area (Å²) in [4.78, 5) is 0. The predicted octanol–water partition coefficient (Wildman–Crippen LogP) is 5.94. The van der Waals surface area contributed by atoms with E-state index in [1.807, 2.05) is 78.9 Å². The molecular weight excluding hydrogens is 340 g/mol. The molecule has 0 radical (unpaired) electrons. The first-order valence-electron chi connectivity index (χ1n) is 7.36. The largest absolute Gasteiger partial charge is 0.457 e. The van der Waals surface area contributed by atoms with Gasteiger partial charge < -0.3 is 15.4 Å². The van der Waals surface area contributed by atoms with Crippen LogP contribution < -0.4 is 15.4 Å². The Morgan fingerprint density at radius 3 is 2.08 bits per heavy atom. The molecule has 3 aromatic carbocycles. The summed E-state index contributed by atoms with van der Waals surface area (Å²) in [7, 11) is 0. The lowest BCUT2D eigenvalue weighted by Crippen LogP contribution is -2.19. The van der Waals surface area contributed by atoms with Crippen LogP contribution in [-0.4, -0.2) is 5.11 Å². The summed E-state index contributed by atoms with van der Waals surface area (Å²) in [5.74, 6) is 1.56. The Labute approximate surface area is 151 Å². The highest BCUT2D eigenvalue weighted by atomic mass is 35.5. The van der Waals surface area contributed by atoms with E-state index in [4.69, 9.17) is 28.6 Å². The lowest BCUT2D eigenvalue weighted by Gasteiger charge is -2.12. The Morgan fingerprint density at radius 1 is 0.750 bits per heavy atom. The van der Waals surface area contributed by atoms with Gasteiger partial charge in [-0.2, -0.15) is 0 Å². The van der Waals surface area contributed by atoms with Crippen LogP contribution in [0.15, 0.2) is 78.9 Å². The van der Waals surface area contributed by atoms with Crippen molar-refractivity contribution in [2.45, 2.75) is 0 Å². The van der Waals surface area contributed by atoms with Crippen LogP contribution in [0.3, 0.4) is 0 Å². The number of ether oxygens (including phenoxy) is 1. The number of para-hydroxylation sites is 2. The number of rotatable bonds is 4. The Bertz CT molecular complexity index is 822. The lowest BCUT2D eigenvalue weighted by molar-refractivity contribution is 0.483. The van der Waals surface area contributed by atoms with Gasteiger partial charge in [-0.3, -0.25) is 0 Å². The Kier molecular flexibility index (Phi) is 5.31. The van der Waals surface area contributed by atoms with Gasteiger partial charge in [0.15, 0.2) is 5.11 Å². The average molecular weight is 355 g/mol. The predicted molar refractivity (Wildman–Crippen MR) is 104 cm³/mol. The second kappa shape index (κ2) is 7.81. The van der Waals surface area contributed by atoms with Crippen molar-refractivity contribution in [2.24, 2.45) is 0 Å². The first kappa shape index (κ1) is 16.3. The number of thiocarbonyl (C=S) groups is 1. The van der Waals surface area contributed by atoms with Crippen molar-refractivity contribution in [2.75, 3.05) is 10.6 Å². The topological polar surface area (TPSA) is 33.3 Å². The molecule has 0 aliphatic rings. The maximum atomic E-state index is 6.10. The van der Waals surface area contributed by atoms with Gasteiger partial charge in [0, 0.05) is 5.69 Å².